The number of hydrogen-bond acceptors (Lipinski definition) is 1. The Hall–Kier alpha value is -0.410. The lowest BCUT2D eigenvalue weighted by atomic mass is 9.93. The average Bonchev–Trinajstić information content (AvgIpc) is 2.69. The second-order valence-electron chi connectivity index (χ2n) is 5.33. The summed E-state index contributed by atoms with van der Waals surface area (Å²) in [6, 6.07) is 5.51. The molecule has 3 heteroatoms. The van der Waals surface area contributed by atoms with Gasteiger partial charge in [0.05, 0.1) is 0 Å². The Morgan fingerprint density at radius 3 is 2.78 bits per heavy atom. The molecule has 0 spiro atoms. The lowest BCUT2D eigenvalue weighted by Crippen LogP contribution is -2.32. The van der Waals surface area contributed by atoms with Crippen LogP contribution in [0.4, 0.5) is 4.39 Å². The van der Waals surface area contributed by atoms with Gasteiger partial charge in [-0.05, 0) is 42.4 Å². The number of hydrogen-bond donors (Lipinski definition) is 1. The fourth-order valence-corrected chi connectivity index (χ4v) is 3.51. The van der Waals surface area contributed by atoms with Crippen molar-refractivity contribution >= 4 is 15.9 Å². The molecule has 0 saturated heterocycles. The average molecular weight is 314 g/mol. The minimum atomic E-state index is -0.189. The topological polar surface area (TPSA) is 12.0 Å². The van der Waals surface area contributed by atoms with Gasteiger partial charge in [-0.1, -0.05) is 42.3 Å². The molecule has 1 fully saturated rings. The molecule has 0 amide bonds. The highest BCUT2D eigenvalue weighted by atomic mass is 79.9. The molecule has 0 aliphatic heterocycles. The maximum Gasteiger partial charge on any atom is 0.124 e. The van der Waals surface area contributed by atoms with E-state index in [9.17, 15) is 4.39 Å². The molecule has 0 heterocycles. The van der Waals surface area contributed by atoms with Crippen molar-refractivity contribution in [2.24, 2.45) is 11.8 Å². The summed E-state index contributed by atoms with van der Waals surface area (Å²) in [5, 5.41) is 3.62. The molecule has 1 aromatic carbocycles. The lowest BCUT2D eigenvalue weighted by Gasteiger charge is -2.21. The Balaban J connectivity index is 1.92. The van der Waals surface area contributed by atoms with Crippen molar-refractivity contribution in [3.05, 3.63) is 34.1 Å². The summed E-state index contributed by atoms with van der Waals surface area (Å²) < 4.78 is 13.9. The zero-order valence-corrected chi connectivity index (χ0v) is 12.6. The highest BCUT2D eigenvalue weighted by molar-refractivity contribution is 9.10. The zero-order chi connectivity index (χ0) is 13.1. The summed E-state index contributed by atoms with van der Waals surface area (Å²) >= 11 is 3.42. The van der Waals surface area contributed by atoms with E-state index in [-0.39, 0.29) is 5.82 Å². The maximum atomic E-state index is 13.0. The van der Waals surface area contributed by atoms with Crippen molar-refractivity contribution in [3.8, 4) is 0 Å². The van der Waals surface area contributed by atoms with Gasteiger partial charge < -0.3 is 5.32 Å². The summed E-state index contributed by atoms with van der Waals surface area (Å²) in [5.41, 5.74) is 1.13. The Morgan fingerprint density at radius 1 is 1.39 bits per heavy atom. The second-order valence-corrected chi connectivity index (χ2v) is 6.18. The van der Waals surface area contributed by atoms with Crippen LogP contribution in [0.5, 0.6) is 0 Å². The van der Waals surface area contributed by atoms with E-state index in [2.05, 4.69) is 35.1 Å². The first kappa shape index (κ1) is 14.0. The summed E-state index contributed by atoms with van der Waals surface area (Å²) in [6.07, 6.45) is 3.87. The predicted molar refractivity (Wildman–Crippen MR) is 76.9 cm³/mol. The summed E-state index contributed by atoms with van der Waals surface area (Å²) in [5.74, 6) is 1.42. The zero-order valence-electron chi connectivity index (χ0n) is 11.0. The molecule has 0 aromatic heterocycles. The molecule has 1 saturated carbocycles. The van der Waals surface area contributed by atoms with Crippen LogP contribution in [0, 0.1) is 17.7 Å². The standard InChI is InChI=1S/C15H21BrFN/c1-3-11-5-7-15(10(11)2)18-9-12-4-6-13(17)8-14(12)16/h4,6,8,10-11,15,18H,3,5,7,9H2,1-2H3. The molecular weight excluding hydrogens is 293 g/mol. The summed E-state index contributed by atoms with van der Waals surface area (Å²) in [6.45, 7) is 5.44. The maximum absolute atomic E-state index is 13.0. The Bertz CT molecular complexity index is 407. The largest absolute Gasteiger partial charge is 0.310 e. The molecular formula is C15H21BrFN. The number of halogens is 2. The quantitative estimate of drug-likeness (QED) is 0.862. The molecule has 100 valence electrons. The number of benzene rings is 1. The second kappa shape index (κ2) is 6.16. The van der Waals surface area contributed by atoms with Crippen molar-refractivity contribution in [2.45, 2.75) is 45.7 Å². The van der Waals surface area contributed by atoms with E-state index in [0.717, 1.165) is 28.4 Å². The van der Waals surface area contributed by atoms with Crippen LogP contribution in [0.25, 0.3) is 0 Å². The van der Waals surface area contributed by atoms with Crippen molar-refractivity contribution in [3.63, 3.8) is 0 Å². The van der Waals surface area contributed by atoms with Crippen LogP contribution >= 0.6 is 15.9 Å². The molecule has 1 aliphatic carbocycles. The summed E-state index contributed by atoms with van der Waals surface area (Å²) in [4.78, 5) is 0. The highest BCUT2D eigenvalue weighted by Crippen LogP contribution is 2.34. The van der Waals surface area contributed by atoms with Crippen molar-refractivity contribution in [1.29, 1.82) is 0 Å². The van der Waals surface area contributed by atoms with Crippen LogP contribution in [-0.4, -0.2) is 6.04 Å². The normalized spacial score (nSPS) is 27.7. The lowest BCUT2D eigenvalue weighted by molar-refractivity contribution is 0.344. The molecule has 1 nitrogen and oxygen atoms in total. The molecule has 18 heavy (non-hydrogen) atoms. The van der Waals surface area contributed by atoms with E-state index >= 15 is 0 Å². The van der Waals surface area contributed by atoms with Gasteiger partial charge in [-0.25, -0.2) is 4.39 Å². The van der Waals surface area contributed by atoms with Crippen molar-refractivity contribution in [1.82, 2.24) is 5.32 Å². The molecule has 2 rings (SSSR count). The van der Waals surface area contributed by atoms with E-state index in [1.165, 1.54) is 31.4 Å². The first-order chi connectivity index (χ1) is 8.61. The fourth-order valence-electron chi connectivity index (χ4n) is 3.02. The van der Waals surface area contributed by atoms with Gasteiger partial charge in [-0.2, -0.15) is 0 Å². The van der Waals surface area contributed by atoms with Crippen LogP contribution in [0.2, 0.25) is 0 Å². The highest BCUT2D eigenvalue weighted by Gasteiger charge is 2.30. The predicted octanol–water partition coefficient (Wildman–Crippen LogP) is 4.50. The Morgan fingerprint density at radius 2 is 2.17 bits per heavy atom. The van der Waals surface area contributed by atoms with E-state index in [1.54, 1.807) is 0 Å². The van der Waals surface area contributed by atoms with Crippen LogP contribution in [0.1, 0.15) is 38.7 Å². The van der Waals surface area contributed by atoms with Crippen LogP contribution in [0.15, 0.2) is 22.7 Å². The minimum Gasteiger partial charge on any atom is -0.310 e. The molecule has 3 unspecified atom stereocenters. The van der Waals surface area contributed by atoms with Crippen LogP contribution < -0.4 is 5.32 Å². The molecule has 1 aliphatic rings. The van der Waals surface area contributed by atoms with E-state index in [0.29, 0.717) is 6.04 Å². The third-order valence-corrected chi connectivity index (χ3v) is 5.06. The smallest absolute Gasteiger partial charge is 0.124 e. The van der Waals surface area contributed by atoms with Gasteiger partial charge in [0.15, 0.2) is 0 Å². The molecule has 3 atom stereocenters. The van der Waals surface area contributed by atoms with Gasteiger partial charge in [0.2, 0.25) is 0 Å². The van der Waals surface area contributed by atoms with Gasteiger partial charge in [-0.3, -0.25) is 0 Å². The number of nitrogens with one attached hydrogen (secondary N) is 1. The Labute approximate surface area is 117 Å². The van der Waals surface area contributed by atoms with Gasteiger partial charge >= 0.3 is 0 Å². The molecule has 1 N–H and O–H groups in total. The van der Waals surface area contributed by atoms with Crippen molar-refractivity contribution < 1.29 is 4.39 Å². The van der Waals surface area contributed by atoms with Crippen LogP contribution in [0.3, 0.4) is 0 Å². The SMILES string of the molecule is CCC1CCC(NCc2ccc(F)cc2Br)C1C. The third-order valence-electron chi connectivity index (χ3n) is 4.32. The van der Waals surface area contributed by atoms with E-state index in [4.69, 9.17) is 0 Å². The first-order valence-electron chi connectivity index (χ1n) is 6.79. The van der Waals surface area contributed by atoms with E-state index in [1.807, 2.05) is 6.07 Å². The van der Waals surface area contributed by atoms with Crippen LogP contribution in [-0.2, 0) is 6.54 Å². The van der Waals surface area contributed by atoms with E-state index < -0.39 is 0 Å². The first-order valence-corrected chi connectivity index (χ1v) is 7.58. The molecule has 1 aromatic rings. The minimum absolute atomic E-state index is 0.189. The monoisotopic (exact) mass is 313 g/mol. The summed E-state index contributed by atoms with van der Waals surface area (Å²) in [7, 11) is 0. The van der Waals surface area contributed by atoms with Gasteiger partial charge in [0.25, 0.3) is 0 Å². The number of rotatable bonds is 4. The molecule has 0 bridgehead atoms. The Kier molecular flexibility index (Phi) is 4.79. The fraction of sp³-hybridized carbons (Fsp3) is 0.600. The van der Waals surface area contributed by atoms with Gasteiger partial charge in [0, 0.05) is 17.1 Å². The third kappa shape index (κ3) is 3.12. The van der Waals surface area contributed by atoms with Crippen molar-refractivity contribution in [2.75, 3.05) is 0 Å². The van der Waals surface area contributed by atoms with Gasteiger partial charge in [-0.15, -0.1) is 0 Å². The van der Waals surface area contributed by atoms with Gasteiger partial charge in [0.1, 0.15) is 5.82 Å². The molecule has 0 radical (unpaired) electrons.